The summed E-state index contributed by atoms with van der Waals surface area (Å²) in [6.07, 6.45) is 1.18. The van der Waals surface area contributed by atoms with E-state index >= 15 is 0 Å². The molecular weight excluding hydrogens is 244 g/mol. The predicted octanol–water partition coefficient (Wildman–Crippen LogP) is 1.58. The highest BCUT2D eigenvalue weighted by molar-refractivity contribution is 5.83. The van der Waals surface area contributed by atoms with Crippen molar-refractivity contribution in [1.29, 1.82) is 0 Å². The van der Waals surface area contributed by atoms with E-state index in [0.717, 1.165) is 18.4 Å². The third kappa shape index (κ3) is 4.28. The zero-order valence-corrected chi connectivity index (χ0v) is 10.7. The van der Waals surface area contributed by atoms with Gasteiger partial charge in [0.15, 0.2) is 6.10 Å². The largest absolute Gasteiger partial charge is 0.436 e. The predicted molar refractivity (Wildman–Crippen MR) is 70.4 cm³/mol. The highest BCUT2D eigenvalue weighted by Crippen LogP contribution is 2.09. The molecule has 0 saturated carbocycles. The lowest BCUT2D eigenvalue weighted by Crippen LogP contribution is -2.38. The first-order valence-corrected chi connectivity index (χ1v) is 6.52. The Labute approximate surface area is 112 Å². The monoisotopic (exact) mass is 262 g/mol. The van der Waals surface area contributed by atoms with Crippen LogP contribution in [0.4, 0.5) is 4.79 Å². The van der Waals surface area contributed by atoms with Crippen molar-refractivity contribution in [2.45, 2.75) is 31.9 Å². The Morgan fingerprint density at radius 1 is 1.32 bits per heavy atom. The molecule has 1 atom stereocenters. The highest BCUT2D eigenvalue weighted by atomic mass is 16.6. The van der Waals surface area contributed by atoms with Crippen molar-refractivity contribution in [2.24, 2.45) is 0 Å². The Kier molecular flexibility index (Phi) is 4.78. The van der Waals surface area contributed by atoms with Crippen molar-refractivity contribution < 1.29 is 14.3 Å². The third-order valence-electron chi connectivity index (χ3n) is 3.01. The van der Waals surface area contributed by atoms with Gasteiger partial charge >= 0.3 is 6.09 Å². The van der Waals surface area contributed by atoms with Crippen LogP contribution in [0.5, 0.6) is 0 Å². The molecule has 19 heavy (non-hydrogen) atoms. The molecule has 2 amide bonds. The van der Waals surface area contributed by atoms with E-state index in [1.54, 1.807) is 0 Å². The van der Waals surface area contributed by atoms with Gasteiger partial charge in [-0.05, 0) is 24.8 Å². The van der Waals surface area contributed by atoms with Crippen LogP contribution in [0.3, 0.4) is 0 Å². The molecule has 0 aliphatic carbocycles. The van der Waals surface area contributed by atoms with Crippen LogP contribution >= 0.6 is 0 Å². The Balaban J connectivity index is 1.79. The van der Waals surface area contributed by atoms with Gasteiger partial charge in [0.25, 0.3) is 5.91 Å². The minimum Gasteiger partial charge on any atom is -0.436 e. The molecule has 0 unspecified atom stereocenters. The van der Waals surface area contributed by atoms with Gasteiger partial charge in [0.2, 0.25) is 0 Å². The van der Waals surface area contributed by atoms with Crippen LogP contribution in [0.25, 0.3) is 0 Å². The molecule has 1 fully saturated rings. The molecule has 2 rings (SSSR count). The molecule has 1 aliphatic heterocycles. The molecule has 0 aromatic heterocycles. The minimum atomic E-state index is -0.668. The third-order valence-corrected chi connectivity index (χ3v) is 3.01. The fourth-order valence-corrected chi connectivity index (χ4v) is 1.96. The number of benzene rings is 1. The Hall–Kier alpha value is -2.04. The maximum atomic E-state index is 11.6. The fraction of sp³-hybridized carbons (Fsp3) is 0.429. The van der Waals surface area contributed by atoms with Crippen LogP contribution in [-0.2, 0) is 16.1 Å². The summed E-state index contributed by atoms with van der Waals surface area (Å²) in [6, 6.07) is 9.55. The molecule has 1 aromatic carbocycles. The molecular formula is C14H18N2O3. The zero-order valence-electron chi connectivity index (χ0n) is 10.7. The molecule has 5 heteroatoms. The summed E-state index contributed by atoms with van der Waals surface area (Å²) < 4.78 is 5.14. The van der Waals surface area contributed by atoms with Crippen LogP contribution in [0.2, 0.25) is 0 Å². The van der Waals surface area contributed by atoms with Gasteiger partial charge in [-0.15, -0.1) is 0 Å². The van der Waals surface area contributed by atoms with Gasteiger partial charge in [0.05, 0.1) is 0 Å². The molecule has 1 heterocycles. The van der Waals surface area contributed by atoms with E-state index in [9.17, 15) is 9.59 Å². The second kappa shape index (κ2) is 6.78. The number of alkyl carbamates (subject to hydrolysis) is 1. The number of rotatable bonds is 3. The minimum absolute atomic E-state index is 0.202. The van der Waals surface area contributed by atoms with E-state index in [4.69, 9.17) is 4.74 Å². The molecule has 1 aliphatic rings. The first-order chi connectivity index (χ1) is 9.25. The fourth-order valence-electron chi connectivity index (χ4n) is 1.96. The van der Waals surface area contributed by atoms with Gasteiger partial charge in [0, 0.05) is 13.1 Å². The van der Waals surface area contributed by atoms with Crippen molar-refractivity contribution in [1.82, 2.24) is 10.6 Å². The Morgan fingerprint density at radius 3 is 2.89 bits per heavy atom. The van der Waals surface area contributed by atoms with Gasteiger partial charge in [-0.25, -0.2) is 4.79 Å². The van der Waals surface area contributed by atoms with Crippen molar-refractivity contribution in [3.8, 4) is 0 Å². The van der Waals surface area contributed by atoms with Crippen LogP contribution in [0.15, 0.2) is 30.3 Å². The molecule has 1 aromatic rings. The summed E-state index contributed by atoms with van der Waals surface area (Å²) in [5.74, 6) is -0.202. The van der Waals surface area contributed by atoms with Crippen molar-refractivity contribution in [3.63, 3.8) is 0 Å². The number of hydrogen-bond donors (Lipinski definition) is 2. The second-order valence-electron chi connectivity index (χ2n) is 4.52. The number of ether oxygens (including phenoxy) is 1. The highest BCUT2D eigenvalue weighted by Gasteiger charge is 2.24. The van der Waals surface area contributed by atoms with Gasteiger partial charge in [0.1, 0.15) is 0 Å². The summed E-state index contributed by atoms with van der Waals surface area (Å²) in [7, 11) is 0. The lowest BCUT2D eigenvalue weighted by molar-refractivity contribution is -0.129. The Morgan fingerprint density at radius 2 is 2.11 bits per heavy atom. The van der Waals surface area contributed by atoms with Gasteiger partial charge in [-0.2, -0.15) is 0 Å². The summed E-state index contributed by atoms with van der Waals surface area (Å²) >= 11 is 0. The summed E-state index contributed by atoms with van der Waals surface area (Å²) in [5.41, 5.74) is 0.991. The lowest BCUT2D eigenvalue weighted by Gasteiger charge is -2.14. The molecule has 0 spiro atoms. The lowest BCUT2D eigenvalue weighted by atomic mass is 10.2. The number of amides is 2. The summed E-state index contributed by atoms with van der Waals surface area (Å²) in [4.78, 5) is 23.2. The summed E-state index contributed by atoms with van der Waals surface area (Å²) in [6.45, 7) is 1.05. The van der Waals surface area contributed by atoms with E-state index in [-0.39, 0.29) is 5.91 Å². The maximum Gasteiger partial charge on any atom is 0.408 e. The molecule has 2 N–H and O–H groups in total. The van der Waals surface area contributed by atoms with E-state index < -0.39 is 12.2 Å². The van der Waals surface area contributed by atoms with Gasteiger partial charge in [-0.3, -0.25) is 4.79 Å². The van der Waals surface area contributed by atoms with Crippen molar-refractivity contribution in [3.05, 3.63) is 35.9 Å². The van der Waals surface area contributed by atoms with Crippen LogP contribution < -0.4 is 10.6 Å². The topological polar surface area (TPSA) is 67.4 Å². The Bertz CT molecular complexity index is 434. The van der Waals surface area contributed by atoms with Crippen LogP contribution in [0.1, 0.15) is 24.8 Å². The number of carbonyl (C=O) groups is 2. The average molecular weight is 262 g/mol. The molecule has 5 nitrogen and oxygen atoms in total. The van der Waals surface area contributed by atoms with E-state index in [1.807, 2.05) is 30.3 Å². The first-order valence-electron chi connectivity index (χ1n) is 6.52. The standard InChI is InChI=1S/C14H18N2O3/c17-13-12(8-4-5-9-15-13)19-14(18)16-10-11-6-2-1-3-7-11/h1-3,6-7,12H,4-5,8-10H2,(H,15,17)(H,16,18)/t12-/m0/s1. The van der Waals surface area contributed by atoms with Crippen molar-refractivity contribution in [2.75, 3.05) is 6.54 Å². The van der Waals surface area contributed by atoms with E-state index in [1.165, 1.54) is 0 Å². The van der Waals surface area contributed by atoms with Gasteiger partial charge < -0.3 is 15.4 Å². The van der Waals surface area contributed by atoms with E-state index in [2.05, 4.69) is 10.6 Å². The molecule has 1 saturated heterocycles. The maximum absolute atomic E-state index is 11.6. The van der Waals surface area contributed by atoms with Crippen LogP contribution in [0, 0.1) is 0 Å². The quantitative estimate of drug-likeness (QED) is 0.869. The molecule has 0 bridgehead atoms. The van der Waals surface area contributed by atoms with Crippen LogP contribution in [-0.4, -0.2) is 24.6 Å². The van der Waals surface area contributed by atoms with Crippen molar-refractivity contribution >= 4 is 12.0 Å². The van der Waals surface area contributed by atoms with E-state index in [0.29, 0.717) is 19.5 Å². The summed E-state index contributed by atoms with van der Waals surface area (Å²) in [5, 5.41) is 5.38. The number of nitrogens with one attached hydrogen (secondary N) is 2. The SMILES string of the molecule is O=C(NCc1ccccc1)O[C@H]1CCCCNC1=O. The number of hydrogen-bond acceptors (Lipinski definition) is 3. The molecule has 102 valence electrons. The number of carbonyl (C=O) groups excluding carboxylic acids is 2. The second-order valence-corrected chi connectivity index (χ2v) is 4.52. The molecule has 0 radical (unpaired) electrons. The first kappa shape index (κ1) is 13.4. The average Bonchev–Trinajstić information content (AvgIpc) is 2.63. The smallest absolute Gasteiger partial charge is 0.408 e. The van der Waals surface area contributed by atoms with Gasteiger partial charge in [-0.1, -0.05) is 30.3 Å². The normalized spacial score (nSPS) is 19.2. The zero-order chi connectivity index (χ0) is 13.5.